The summed E-state index contributed by atoms with van der Waals surface area (Å²) in [5.41, 5.74) is 2.57. The van der Waals surface area contributed by atoms with Gasteiger partial charge in [-0.05, 0) is 24.5 Å². The second kappa shape index (κ2) is 6.53. The van der Waals surface area contributed by atoms with Crippen LogP contribution in [0.3, 0.4) is 0 Å². The van der Waals surface area contributed by atoms with Gasteiger partial charge in [0.15, 0.2) is 0 Å². The van der Waals surface area contributed by atoms with Gasteiger partial charge in [-0.25, -0.2) is 0 Å². The number of rotatable bonds is 6. The summed E-state index contributed by atoms with van der Waals surface area (Å²) in [6.45, 7) is 4.07. The van der Waals surface area contributed by atoms with Gasteiger partial charge < -0.3 is 10.2 Å². The number of hydrogen-bond donors (Lipinski definition) is 2. The average molecular weight is 275 g/mol. The quantitative estimate of drug-likeness (QED) is 0.474. The minimum atomic E-state index is -4.42. The van der Waals surface area contributed by atoms with Gasteiger partial charge in [0.2, 0.25) is 0 Å². The van der Waals surface area contributed by atoms with Crippen molar-refractivity contribution in [1.82, 2.24) is 10.4 Å². The van der Waals surface area contributed by atoms with Gasteiger partial charge in [-0.15, -0.1) is 0 Å². The van der Waals surface area contributed by atoms with E-state index in [1.807, 2.05) is 0 Å². The molecule has 1 rings (SSSR count). The number of pyridine rings is 1. The zero-order valence-corrected chi connectivity index (χ0v) is 10.5. The number of hydrazine groups is 1. The van der Waals surface area contributed by atoms with Crippen LogP contribution in [0.25, 0.3) is 5.70 Å². The van der Waals surface area contributed by atoms with Crippen LogP contribution < -0.4 is 11.3 Å². The lowest BCUT2D eigenvalue weighted by Crippen LogP contribution is -2.21. The first-order valence-corrected chi connectivity index (χ1v) is 5.61. The smallest absolute Gasteiger partial charge is 0.385 e. The first-order valence-electron chi connectivity index (χ1n) is 5.61. The van der Waals surface area contributed by atoms with Crippen LogP contribution in [-0.4, -0.2) is 18.7 Å². The summed E-state index contributed by atoms with van der Waals surface area (Å²) in [6, 6.07) is 1.07. The summed E-state index contributed by atoms with van der Waals surface area (Å²) in [6.07, 6.45) is -2.65. The third kappa shape index (κ3) is 4.22. The van der Waals surface area contributed by atoms with Crippen molar-refractivity contribution in [2.45, 2.75) is 19.0 Å². The first kappa shape index (κ1) is 15.5. The standard InChI is InChI=1S/C12H16F3N3O/c1-8(18-16)11-9(4-3-5-19-2)6-10(7-17-11)12(13,14)15/h6-7,18H,1,3-5,16H2,2H3. The van der Waals surface area contributed by atoms with Crippen LogP contribution in [0, 0.1) is 0 Å². The van der Waals surface area contributed by atoms with Crippen LogP contribution in [-0.2, 0) is 17.3 Å². The van der Waals surface area contributed by atoms with E-state index in [1.165, 1.54) is 7.11 Å². The van der Waals surface area contributed by atoms with E-state index in [0.717, 1.165) is 12.3 Å². The Labute approximate surface area is 109 Å². The molecule has 0 aliphatic rings. The summed E-state index contributed by atoms with van der Waals surface area (Å²) >= 11 is 0. The van der Waals surface area contributed by atoms with E-state index < -0.39 is 11.7 Å². The van der Waals surface area contributed by atoms with E-state index in [1.54, 1.807) is 0 Å². The van der Waals surface area contributed by atoms with Gasteiger partial charge in [0, 0.05) is 19.9 Å². The summed E-state index contributed by atoms with van der Waals surface area (Å²) in [5.74, 6) is 5.22. The molecule has 1 heterocycles. The fourth-order valence-electron chi connectivity index (χ4n) is 1.60. The van der Waals surface area contributed by atoms with Gasteiger partial charge in [0.25, 0.3) is 0 Å². The molecule has 0 amide bonds. The highest BCUT2D eigenvalue weighted by molar-refractivity contribution is 5.61. The molecule has 0 saturated heterocycles. The minimum absolute atomic E-state index is 0.279. The summed E-state index contributed by atoms with van der Waals surface area (Å²) in [5, 5.41) is 0. The number of alkyl halides is 3. The number of aromatic nitrogens is 1. The zero-order valence-electron chi connectivity index (χ0n) is 10.5. The largest absolute Gasteiger partial charge is 0.417 e. The van der Waals surface area contributed by atoms with Crippen molar-refractivity contribution in [2.75, 3.05) is 13.7 Å². The van der Waals surface area contributed by atoms with Crippen molar-refractivity contribution in [1.29, 1.82) is 0 Å². The Morgan fingerprint density at radius 2 is 2.21 bits per heavy atom. The van der Waals surface area contributed by atoms with Crippen LogP contribution in [0.5, 0.6) is 0 Å². The SMILES string of the molecule is C=C(NN)c1ncc(C(F)(F)F)cc1CCCOC. The van der Waals surface area contributed by atoms with Crippen LogP contribution in [0.2, 0.25) is 0 Å². The molecule has 106 valence electrons. The van der Waals surface area contributed by atoms with E-state index in [4.69, 9.17) is 10.6 Å². The maximum absolute atomic E-state index is 12.6. The summed E-state index contributed by atoms with van der Waals surface area (Å²) in [7, 11) is 1.53. The van der Waals surface area contributed by atoms with Crippen LogP contribution in [0.4, 0.5) is 13.2 Å². The molecular formula is C12H16F3N3O. The Morgan fingerprint density at radius 1 is 1.53 bits per heavy atom. The molecule has 0 radical (unpaired) electrons. The number of methoxy groups -OCH3 is 1. The van der Waals surface area contributed by atoms with E-state index in [9.17, 15) is 13.2 Å². The molecule has 7 heteroatoms. The summed E-state index contributed by atoms with van der Waals surface area (Å²) in [4.78, 5) is 3.79. The lowest BCUT2D eigenvalue weighted by molar-refractivity contribution is -0.137. The maximum Gasteiger partial charge on any atom is 0.417 e. The molecule has 0 aromatic carbocycles. The molecule has 0 atom stereocenters. The van der Waals surface area contributed by atoms with E-state index in [0.29, 0.717) is 30.7 Å². The normalized spacial score (nSPS) is 11.4. The number of hydrogen-bond acceptors (Lipinski definition) is 4. The molecule has 3 N–H and O–H groups in total. The third-order valence-corrected chi connectivity index (χ3v) is 2.55. The molecular weight excluding hydrogens is 259 g/mol. The Kier molecular flexibility index (Phi) is 5.31. The Bertz CT molecular complexity index is 446. The molecule has 0 aliphatic heterocycles. The van der Waals surface area contributed by atoms with Crippen molar-refractivity contribution in [3.05, 3.63) is 35.7 Å². The second-order valence-corrected chi connectivity index (χ2v) is 3.95. The molecule has 0 bridgehead atoms. The molecule has 0 spiro atoms. The van der Waals surface area contributed by atoms with Gasteiger partial charge in [-0.1, -0.05) is 6.58 Å². The Balaban J connectivity index is 3.07. The third-order valence-electron chi connectivity index (χ3n) is 2.55. The molecule has 0 aliphatic carbocycles. The molecule has 0 saturated carbocycles. The number of ether oxygens (including phenoxy) is 1. The highest BCUT2D eigenvalue weighted by Gasteiger charge is 2.31. The predicted molar refractivity (Wildman–Crippen MR) is 65.8 cm³/mol. The number of aryl methyl sites for hydroxylation is 1. The van der Waals surface area contributed by atoms with Crippen molar-refractivity contribution in [3.63, 3.8) is 0 Å². The maximum atomic E-state index is 12.6. The topological polar surface area (TPSA) is 60.2 Å². The molecule has 4 nitrogen and oxygen atoms in total. The van der Waals surface area contributed by atoms with Gasteiger partial charge in [-0.3, -0.25) is 10.8 Å². The van der Waals surface area contributed by atoms with E-state index in [-0.39, 0.29) is 5.70 Å². The van der Waals surface area contributed by atoms with Gasteiger partial charge in [0.05, 0.1) is 17.0 Å². The lowest BCUT2D eigenvalue weighted by atomic mass is 10.0. The van der Waals surface area contributed by atoms with E-state index in [2.05, 4.69) is 17.0 Å². The molecule has 0 fully saturated rings. The second-order valence-electron chi connectivity index (χ2n) is 3.95. The highest BCUT2D eigenvalue weighted by Crippen LogP contribution is 2.30. The Morgan fingerprint density at radius 3 is 2.74 bits per heavy atom. The predicted octanol–water partition coefficient (Wildman–Crippen LogP) is 2.11. The van der Waals surface area contributed by atoms with Crippen molar-refractivity contribution >= 4 is 5.70 Å². The fourth-order valence-corrected chi connectivity index (χ4v) is 1.60. The van der Waals surface area contributed by atoms with Crippen molar-refractivity contribution in [3.8, 4) is 0 Å². The average Bonchev–Trinajstić information content (AvgIpc) is 2.37. The van der Waals surface area contributed by atoms with Crippen LogP contribution >= 0.6 is 0 Å². The fraction of sp³-hybridized carbons (Fsp3) is 0.417. The van der Waals surface area contributed by atoms with Crippen LogP contribution in [0.15, 0.2) is 18.8 Å². The number of nitrogens with two attached hydrogens (primary N) is 1. The number of nitrogens with zero attached hydrogens (tertiary/aromatic N) is 1. The van der Waals surface area contributed by atoms with E-state index >= 15 is 0 Å². The van der Waals surface area contributed by atoms with Gasteiger partial charge >= 0.3 is 6.18 Å². The minimum Gasteiger partial charge on any atom is -0.385 e. The molecule has 0 unspecified atom stereocenters. The molecule has 1 aromatic heterocycles. The van der Waals surface area contributed by atoms with Crippen molar-refractivity contribution < 1.29 is 17.9 Å². The lowest BCUT2D eigenvalue weighted by Gasteiger charge is -2.14. The number of nitrogens with one attached hydrogen (secondary N) is 1. The monoisotopic (exact) mass is 275 g/mol. The number of halogens is 3. The zero-order chi connectivity index (χ0) is 14.5. The molecule has 19 heavy (non-hydrogen) atoms. The highest BCUT2D eigenvalue weighted by atomic mass is 19.4. The summed E-state index contributed by atoms with van der Waals surface area (Å²) < 4.78 is 42.8. The Hall–Kier alpha value is -1.60. The van der Waals surface area contributed by atoms with Gasteiger partial charge in [-0.2, -0.15) is 13.2 Å². The van der Waals surface area contributed by atoms with Gasteiger partial charge in [0.1, 0.15) is 0 Å². The van der Waals surface area contributed by atoms with Crippen molar-refractivity contribution in [2.24, 2.45) is 5.84 Å². The van der Waals surface area contributed by atoms with Crippen LogP contribution in [0.1, 0.15) is 23.2 Å². The first-order chi connectivity index (χ1) is 8.90. The molecule has 1 aromatic rings.